The summed E-state index contributed by atoms with van der Waals surface area (Å²) in [6.07, 6.45) is 4.69. The first-order valence-electron chi connectivity index (χ1n) is 4.12. The van der Waals surface area contributed by atoms with Crippen molar-refractivity contribution >= 4 is 17.3 Å². The van der Waals surface area contributed by atoms with Gasteiger partial charge in [0.15, 0.2) is 5.82 Å². The predicted octanol–water partition coefficient (Wildman–Crippen LogP) is 1.29. The van der Waals surface area contributed by atoms with Crippen LogP contribution in [0.15, 0.2) is 24.7 Å². The lowest BCUT2D eigenvalue weighted by Crippen LogP contribution is -2.04. The molecule has 0 aliphatic rings. The van der Waals surface area contributed by atoms with Gasteiger partial charge in [0, 0.05) is 0 Å². The normalized spacial score (nSPS) is 10.3. The van der Waals surface area contributed by atoms with E-state index >= 15 is 0 Å². The lowest BCUT2D eigenvalue weighted by molar-refractivity contribution is 0.271. The van der Waals surface area contributed by atoms with Gasteiger partial charge in [-0.05, 0) is 6.07 Å². The van der Waals surface area contributed by atoms with Gasteiger partial charge in [0.25, 0.3) is 0 Å². The molecule has 0 aliphatic carbocycles. The summed E-state index contributed by atoms with van der Waals surface area (Å²) < 4.78 is 0. The third-order valence-electron chi connectivity index (χ3n) is 1.65. The summed E-state index contributed by atoms with van der Waals surface area (Å²) >= 11 is 6.00. The Balaban J connectivity index is 2.35. The average Bonchev–Trinajstić information content (AvgIpc) is 2.71. The molecule has 2 rings (SSSR count). The number of nitrogens with one attached hydrogen (secondary N) is 1. The molecule has 7 heteroatoms. The van der Waals surface area contributed by atoms with E-state index in [0.717, 1.165) is 0 Å². The lowest BCUT2D eigenvalue weighted by Gasteiger charge is -2.05. The summed E-state index contributed by atoms with van der Waals surface area (Å²) in [4.78, 5) is 10.2. The number of aromatic nitrogens is 4. The quantitative estimate of drug-likeness (QED) is 0.798. The molecule has 0 aliphatic heterocycles. The summed E-state index contributed by atoms with van der Waals surface area (Å²) in [5.41, 5.74) is 3.29. The van der Waals surface area contributed by atoms with E-state index in [9.17, 15) is 0 Å². The second-order valence-electron chi connectivity index (χ2n) is 2.65. The SMILES string of the molecule is CONc1cnc(-n2nccn2)c(Cl)c1. The zero-order chi connectivity index (χ0) is 10.7. The Morgan fingerprint density at radius 1 is 1.40 bits per heavy atom. The van der Waals surface area contributed by atoms with Crippen molar-refractivity contribution in [3.63, 3.8) is 0 Å². The van der Waals surface area contributed by atoms with Gasteiger partial charge in [-0.25, -0.2) is 4.98 Å². The van der Waals surface area contributed by atoms with Crippen LogP contribution in [0.3, 0.4) is 0 Å². The third-order valence-corrected chi connectivity index (χ3v) is 1.93. The molecule has 0 saturated carbocycles. The minimum Gasteiger partial charge on any atom is -0.279 e. The number of anilines is 1. The Bertz CT molecular complexity index is 444. The second-order valence-corrected chi connectivity index (χ2v) is 3.06. The van der Waals surface area contributed by atoms with Gasteiger partial charge in [-0.2, -0.15) is 10.2 Å². The Hall–Kier alpha value is -1.66. The van der Waals surface area contributed by atoms with Crippen LogP contribution < -0.4 is 5.48 Å². The fourth-order valence-corrected chi connectivity index (χ4v) is 1.32. The molecule has 0 aromatic carbocycles. The van der Waals surface area contributed by atoms with Crippen LogP contribution in [0.5, 0.6) is 0 Å². The highest BCUT2D eigenvalue weighted by molar-refractivity contribution is 6.32. The Morgan fingerprint density at radius 3 is 2.73 bits per heavy atom. The molecule has 0 bridgehead atoms. The maximum absolute atomic E-state index is 6.00. The van der Waals surface area contributed by atoms with Crippen molar-refractivity contribution < 1.29 is 4.84 Å². The first-order chi connectivity index (χ1) is 7.31. The van der Waals surface area contributed by atoms with Crippen molar-refractivity contribution in [1.82, 2.24) is 20.0 Å². The van der Waals surface area contributed by atoms with Crippen LogP contribution in [0.1, 0.15) is 0 Å². The lowest BCUT2D eigenvalue weighted by atomic mass is 10.4. The summed E-state index contributed by atoms with van der Waals surface area (Å²) in [7, 11) is 1.51. The van der Waals surface area contributed by atoms with E-state index in [1.165, 1.54) is 11.9 Å². The van der Waals surface area contributed by atoms with Crippen LogP contribution in [0, 0.1) is 0 Å². The summed E-state index contributed by atoms with van der Waals surface area (Å²) in [5, 5.41) is 8.30. The monoisotopic (exact) mass is 225 g/mol. The van der Waals surface area contributed by atoms with Crippen molar-refractivity contribution in [2.75, 3.05) is 12.6 Å². The number of hydrogen-bond acceptors (Lipinski definition) is 5. The van der Waals surface area contributed by atoms with Crippen molar-refractivity contribution in [3.8, 4) is 5.82 Å². The Morgan fingerprint density at radius 2 is 2.13 bits per heavy atom. The van der Waals surface area contributed by atoms with E-state index in [4.69, 9.17) is 16.4 Å². The van der Waals surface area contributed by atoms with Gasteiger partial charge in [-0.15, -0.1) is 4.80 Å². The number of hydrogen-bond donors (Lipinski definition) is 1. The molecule has 1 N–H and O–H groups in total. The summed E-state index contributed by atoms with van der Waals surface area (Å²) in [6.45, 7) is 0. The van der Waals surface area contributed by atoms with E-state index < -0.39 is 0 Å². The van der Waals surface area contributed by atoms with Crippen molar-refractivity contribution in [1.29, 1.82) is 0 Å². The Labute approximate surface area is 90.8 Å². The van der Waals surface area contributed by atoms with E-state index in [1.54, 1.807) is 24.7 Å². The molecule has 2 aromatic heterocycles. The molecular formula is C8H8ClN5O. The molecule has 2 heterocycles. The molecule has 0 fully saturated rings. The third kappa shape index (κ3) is 2.05. The zero-order valence-corrected chi connectivity index (χ0v) is 8.64. The van der Waals surface area contributed by atoms with E-state index in [2.05, 4.69) is 20.7 Å². The molecule has 6 nitrogen and oxygen atoms in total. The standard InChI is InChI=1S/C8H8ClN5O/c1-15-13-6-4-7(9)8(10-5-6)14-11-2-3-12-14/h2-5,13H,1H3. The molecule has 78 valence electrons. The van der Waals surface area contributed by atoms with Crippen LogP contribution in [-0.4, -0.2) is 27.1 Å². The van der Waals surface area contributed by atoms with Gasteiger partial charge in [0.05, 0.1) is 36.4 Å². The fourth-order valence-electron chi connectivity index (χ4n) is 1.08. The number of rotatable bonds is 3. The van der Waals surface area contributed by atoms with E-state index in [1.807, 2.05) is 0 Å². The number of nitrogens with zero attached hydrogens (tertiary/aromatic N) is 4. The average molecular weight is 226 g/mol. The minimum atomic E-state index is 0.438. The molecule has 0 amide bonds. The molecule has 2 aromatic rings. The molecular weight excluding hydrogens is 218 g/mol. The van der Waals surface area contributed by atoms with Crippen LogP contribution in [-0.2, 0) is 4.84 Å². The topological polar surface area (TPSA) is 64.9 Å². The summed E-state index contributed by atoms with van der Waals surface area (Å²) in [5.74, 6) is 0.475. The minimum absolute atomic E-state index is 0.438. The van der Waals surface area contributed by atoms with Gasteiger partial charge < -0.3 is 0 Å². The van der Waals surface area contributed by atoms with Gasteiger partial charge in [0.2, 0.25) is 0 Å². The number of halogens is 1. The molecule has 0 spiro atoms. The Kier molecular flexibility index (Phi) is 2.79. The van der Waals surface area contributed by atoms with Gasteiger partial charge >= 0.3 is 0 Å². The number of pyridine rings is 1. The van der Waals surface area contributed by atoms with Crippen LogP contribution in [0.4, 0.5) is 5.69 Å². The van der Waals surface area contributed by atoms with Crippen molar-refractivity contribution in [2.45, 2.75) is 0 Å². The van der Waals surface area contributed by atoms with Crippen molar-refractivity contribution in [3.05, 3.63) is 29.7 Å². The maximum Gasteiger partial charge on any atom is 0.193 e. The first-order valence-corrected chi connectivity index (χ1v) is 4.50. The largest absolute Gasteiger partial charge is 0.279 e. The molecule has 0 radical (unpaired) electrons. The van der Waals surface area contributed by atoms with Gasteiger partial charge in [0.1, 0.15) is 0 Å². The highest BCUT2D eigenvalue weighted by Crippen LogP contribution is 2.20. The molecule has 15 heavy (non-hydrogen) atoms. The second kappa shape index (κ2) is 4.24. The highest BCUT2D eigenvalue weighted by atomic mass is 35.5. The smallest absolute Gasteiger partial charge is 0.193 e. The first kappa shape index (κ1) is 9.88. The van der Waals surface area contributed by atoms with Crippen molar-refractivity contribution in [2.24, 2.45) is 0 Å². The molecule has 0 unspecified atom stereocenters. The highest BCUT2D eigenvalue weighted by Gasteiger charge is 2.06. The molecule has 0 atom stereocenters. The van der Waals surface area contributed by atoms with Crippen LogP contribution in [0.2, 0.25) is 5.02 Å². The van der Waals surface area contributed by atoms with Gasteiger partial charge in [-0.3, -0.25) is 10.3 Å². The van der Waals surface area contributed by atoms with Crippen LogP contribution in [0.25, 0.3) is 5.82 Å². The zero-order valence-electron chi connectivity index (χ0n) is 7.88. The predicted molar refractivity (Wildman–Crippen MR) is 54.8 cm³/mol. The van der Waals surface area contributed by atoms with Crippen LogP contribution >= 0.6 is 11.6 Å². The fraction of sp³-hybridized carbons (Fsp3) is 0.125. The van der Waals surface area contributed by atoms with E-state index in [0.29, 0.717) is 16.5 Å². The van der Waals surface area contributed by atoms with E-state index in [-0.39, 0.29) is 0 Å². The molecule has 0 saturated heterocycles. The van der Waals surface area contributed by atoms with Gasteiger partial charge in [-0.1, -0.05) is 11.6 Å². The maximum atomic E-state index is 6.00. The summed E-state index contributed by atoms with van der Waals surface area (Å²) in [6, 6.07) is 1.68.